The van der Waals surface area contributed by atoms with Gasteiger partial charge >= 0.3 is 0 Å². The summed E-state index contributed by atoms with van der Waals surface area (Å²) in [5.41, 5.74) is 3.09. The fraction of sp³-hybridized carbons (Fsp3) is 0.136. The van der Waals surface area contributed by atoms with Crippen LogP contribution >= 0.6 is 22.9 Å². The van der Waals surface area contributed by atoms with Gasteiger partial charge in [-0.1, -0.05) is 54.1 Å². The highest BCUT2D eigenvalue weighted by Crippen LogP contribution is 2.26. The predicted molar refractivity (Wildman–Crippen MR) is 114 cm³/mol. The van der Waals surface area contributed by atoms with Crippen molar-refractivity contribution in [2.24, 2.45) is 4.99 Å². The van der Waals surface area contributed by atoms with Gasteiger partial charge in [0.15, 0.2) is 4.80 Å². The highest BCUT2D eigenvalue weighted by Gasteiger charge is 2.09. The van der Waals surface area contributed by atoms with Crippen molar-refractivity contribution in [3.8, 4) is 11.3 Å². The number of thiazole rings is 1. The first-order chi connectivity index (χ1) is 13.2. The molecule has 136 valence electrons. The van der Waals surface area contributed by atoms with Crippen molar-refractivity contribution in [1.29, 1.82) is 0 Å². The van der Waals surface area contributed by atoms with E-state index in [4.69, 9.17) is 16.6 Å². The van der Waals surface area contributed by atoms with Gasteiger partial charge in [0.1, 0.15) is 0 Å². The van der Waals surface area contributed by atoms with Crippen LogP contribution < -0.4 is 4.80 Å². The van der Waals surface area contributed by atoms with Crippen LogP contribution in [0.5, 0.6) is 0 Å². The van der Waals surface area contributed by atoms with Crippen molar-refractivity contribution in [2.45, 2.75) is 13.0 Å². The van der Waals surface area contributed by atoms with Gasteiger partial charge in [-0.3, -0.25) is 0 Å². The molecule has 1 heterocycles. The molecular formula is C22H19ClN2OS. The Morgan fingerprint density at radius 1 is 0.963 bits per heavy atom. The Balaban J connectivity index is 1.83. The van der Waals surface area contributed by atoms with Crippen molar-refractivity contribution in [2.75, 3.05) is 6.61 Å². The maximum Gasteiger partial charge on any atom is 0.190 e. The molecule has 0 aliphatic rings. The largest absolute Gasteiger partial charge is 0.396 e. The number of fused-ring (bicyclic) bond motifs is 1. The molecule has 0 fully saturated rings. The van der Waals surface area contributed by atoms with Crippen LogP contribution in [0.15, 0.2) is 77.1 Å². The summed E-state index contributed by atoms with van der Waals surface area (Å²) in [6, 6.07) is 22.4. The van der Waals surface area contributed by atoms with Crippen LogP contribution in [0.25, 0.3) is 22.0 Å². The second kappa shape index (κ2) is 8.09. The van der Waals surface area contributed by atoms with Gasteiger partial charge in [0, 0.05) is 23.6 Å². The molecule has 3 nitrogen and oxygen atoms in total. The number of rotatable bonds is 5. The van der Waals surface area contributed by atoms with Gasteiger partial charge in [0.05, 0.1) is 11.4 Å². The lowest BCUT2D eigenvalue weighted by atomic mass is 10.1. The Kier molecular flexibility index (Phi) is 5.39. The average molecular weight is 395 g/mol. The van der Waals surface area contributed by atoms with Crippen molar-refractivity contribution < 1.29 is 5.11 Å². The normalized spacial score (nSPS) is 12.0. The Morgan fingerprint density at radius 2 is 1.81 bits per heavy atom. The minimum absolute atomic E-state index is 0.149. The summed E-state index contributed by atoms with van der Waals surface area (Å²) in [5.74, 6) is 0. The summed E-state index contributed by atoms with van der Waals surface area (Å²) < 4.78 is 2.17. The number of hydrogen-bond acceptors (Lipinski definition) is 3. The van der Waals surface area contributed by atoms with Crippen molar-refractivity contribution in [3.63, 3.8) is 0 Å². The van der Waals surface area contributed by atoms with Crippen molar-refractivity contribution in [1.82, 2.24) is 4.57 Å². The monoisotopic (exact) mass is 394 g/mol. The van der Waals surface area contributed by atoms with Gasteiger partial charge in [-0.2, -0.15) is 0 Å². The smallest absolute Gasteiger partial charge is 0.190 e. The number of aliphatic hydroxyl groups is 1. The highest BCUT2D eigenvalue weighted by atomic mass is 35.5. The molecule has 0 radical (unpaired) electrons. The number of aliphatic hydroxyl groups excluding tert-OH is 1. The standard InChI is InChI=1S/C22H19ClN2OS/c23-19-7-3-8-20(14-19)24-22-25(11-4-12-26)21(15-27-22)18-10-9-16-5-1-2-6-17(16)13-18/h1-3,5-10,13-15,26H,4,11-12H2. The van der Waals surface area contributed by atoms with Crippen LogP contribution in [0.4, 0.5) is 5.69 Å². The maximum atomic E-state index is 9.33. The zero-order valence-corrected chi connectivity index (χ0v) is 16.2. The first-order valence-electron chi connectivity index (χ1n) is 8.83. The van der Waals surface area contributed by atoms with Crippen LogP contribution in [0.3, 0.4) is 0 Å². The van der Waals surface area contributed by atoms with Gasteiger partial charge in [-0.25, -0.2) is 4.99 Å². The molecule has 0 saturated carbocycles. The molecule has 0 aliphatic heterocycles. The molecule has 3 aromatic carbocycles. The number of benzene rings is 3. The molecule has 0 bridgehead atoms. The topological polar surface area (TPSA) is 37.5 Å². The fourth-order valence-electron chi connectivity index (χ4n) is 3.10. The van der Waals surface area contributed by atoms with Crippen LogP contribution in [-0.2, 0) is 6.54 Å². The molecule has 4 rings (SSSR count). The summed E-state index contributed by atoms with van der Waals surface area (Å²) in [5, 5.41) is 14.6. The van der Waals surface area contributed by atoms with Gasteiger partial charge in [0.25, 0.3) is 0 Å². The van der Waals surface area contributed by atoms with Gasteiger partial charge in [-0.05, 0) is 47.0 Å². The first kappa shape index (κ1) is 18.0. The molecular weight excluding hydrogens is 376 g/mol. The highest BCUT2D eigenvalue weighted by molar-refractivity contribution is 7.07. The molecule has 5 heteroatoms. The molecule has 0 aliphatic carbocycles. The number of hydrogen-bond donors (Lipinski definition) is 1. The van der Waals surface area contributed by atoms with Crippen LogP contribution in [0, 0.1) is 0 Å². The summed E-state index contributed by atoms with van der Waals surface area (Å²) in [4.78, 5) is 5.68. The number of nitrogens with zero attached hydrogens (tertiary/aromatic N) is 2. The lowest BCUT2D eigenvalue weighted by Crippen LogP contribution is -2.16. The first-order valence-corrected chi connectivity index (χ1v) is 10.1. The SMILES string of the molecule is OCCCn1c(-c2ccc3ccccc3c2)csc1=Nc1cccc(Cl)c1. The van der Waals surface area contributed by atoms with E-state index >= 15 is 0 Å². The molecule has 0 unspecified atom stereocenters. The Morgan fingerprint density at radius 3 is 2.63 bits per heavy atom. The van der Waals surface area contributed by atoms with Crippen molar-refractivity contribution >= 4 is 39.4 Å². The third-order valence-electron chi connectivity index (χ3n) is 4.42. The van der Waals surface area contributed by atoms with E-state index in [2.05, 4.69) is 52.4 Å². The zero-order chi connectivity index (χ0) is 18.6. The Labute approximate surface area is 166 Å². The van der Waals surface area contributed by atoms with Crippen LogP contribution in [0.2, 0.25) is 5.02 Å². The third kappa shape index (κ3) is 3.98. The summed E-state index contributed by atoms with van der Waals surface area (Å²) in [7, 11) is 0. The van der Waals surface area contributed by atoms with Gasteiger partial charge in [0.2, 0.25) is 0 Å². The maximum absolute atomic E-state index is 9.33. The Hall–Kier alpha value is -2.40. The van der Waals surface area contributed by atoms with E-state index in [1.807, 2.05) is 24.3 Å². The second-order valence-electron chi connectivity index (χ2n) is 6.29. The van der Waals surface area contributed by atoms with E-state index < -0.39 is 0 Å². The third-order valence-corrected chi connectivity index (χ3v) is 5.51. The molecule has 0 spiro atoms. The van der Waals surface area contributed by atoms with E-state index in [9.17, 15) is 5.11 Å². The zero-order valence-electron chi connectivity index (χ0n) is 14.7. The predicted octanol–water partition coefficient (Wildman–Crippen LogP) is 5.64. The lowest BCUT2D eigenvalue weighted by molar-refractivity contribution is 0.279. The number of aromatic nitrogens is 1. The van der Waals surface area contributed by atoms with Crippen molar-refractivity contribution in [3.05, 3.63) is 81.9 Å². The minimum atomic E-state index is 0.149. The van der Waals surface area contributed by atoms with Gasteiger partial charge in [-0.15, -0.1) is 11.3 Å². The minimum Gasteiger partial charge on any atom is -0.396 e. The second-order valence-corrected chi connectivity index (χ2v) is 7.56. The average Bonchev–Trinajstić information content (AvgIpc) is 3.08. The molecule has 27 heavy (non-hydrogen) atoms. The summed E-state index contributed by atoms with van der Waals surface area (Å²) in [6.45, 7) is 0.859. The lowest BCUT2D eigenvalue weighted by Gasteiger charge is -2.09. The van der Waals surface area contributed by atoms with E-state index in [1.165, 1.54) is 10.8 Å². The number of halogens is 1. The van der Waals surface area contributed by atoms with Crippen LogP contribution in [-0.4, -0.2) is 16.3 Å². The Bertz CT molecular complexity index is 1150. The molecule has 0 atom stereocenters. The van der Waals surface area contributed by atoms with Gasteiger partial charge < -0.3 is 9.67 Å². The molecule has 1 aromatic heterocycles. The quantitative estimate of drug-likeness (QED) is 0.467. The van der Waals surface area contributed by atoms with Crippen LogP contribution in [0.1, 0.15) is 6.42 Å². The molecule has 0 saturated heterocycles. The molecule has 0 amide bonds. The summed E-state index contributed by atoms with van der Waals surface area (Å²) >= 11 is 7.69. The molecule has 4 aromatic rings. The summed E-state index contributed by atoms with van der Waals surface area (Å²) in [6.07, 6.45) is 0.681. The van der Waals surface area contributed by atoms with E-state index in [0.29, 0.717) is 18.0 Å². The fourth-order valence-corrected chi connectivity index (χ4v) is 4.24. The van der Waals surface area contributed by atoms with E-state index in [1.54, 1.807) is 11.3 Å². The van der Waals surface area contributed by atoms with E-state index in [0.717, 1.165) is 21.7 Å². The molecule has 1 N–H and O–H groups in total. The van der Waals surface area contributed by atoms with E-state index in [-0.39, 0.29) is 6.61 Å².